The number of carbonyl (C=O) groups excluding carboxylic acids is 1. The van der Waals surface area contributed by atoms with Crippen LogP contribution in [0.2, 0.25) is 0 Å². The van der Waals surface area contributed by atoms with Gasteiger partial charge in [-0.3, -0.25) is 4.79 Å². The van der Waals surface area contributed by atoms with E-state index in [1.165, 1.54) is 6.92 Å². The van der Waals surface area contributed by atoms with Crippen molar-refractivity contribution in [1.82, 2.24) is 0 Å². The number of carbonyl (C=O) groups is 1. The molecule has 0 atom stereocenters. The van der Waals surface area contributed by atoms with Crippen molar-refractivity contribution >= 4 is 5.97 Å². The van der Waals surface area contributed by atoms with Gasteiger partial charge in [-0.05, 0) is 6.92 Å². The molecule has 6 heteroatoms. The zero-order valence-electron chi connectivity index (χ0n) is 8.64. The molecule has 14 heavy (non-hydrogen) atoms. The molecule has 0 aromatic rings. The molecule has 0 saturated heterocycles. The second-order valence-corrected chi connectivity index (χ2v) is 1.83. The van der Waals surface area contributed by atoms with Crippen LogP contribution in [0.3, 0.4) is 0 Å². The van der Waals surface area contributed by atoms with Crippen LogP contribution in [0.4, 0.5) is 0 Å². The molecular formula is C8H20O6. The normalized spacial score (nSPS) is 7.57. The Hall–Kier alpha value is -0.690. The van der Waals surface area contributed by atoms with Crippen molar-refractivity contribution in [1.29, 1.82) is 0 Å². The van der Waals surface area contributed by atoms with Gasteiger partial charge in [0, 0.05) is 13.5 Å². The third-order valence-corrected chi connectivity index (χ3v) is 0.497. The SMILES string of the molecule is CC(=O)OCCO.CCO.OCCO. The highest BCUT2D eigenvalue weighted by molar-refractivity contribution is 5.65. The number of hydrogen-bond donors (Lipinski definition) is 4. The summed E-state index contributed by atoms with van der Waals surface area (Å²) in [5, 5.41) is 30.9. The van der Waals surface area contributed by atoms with Gasteiger partial charge in [0.1, 0.15) is 6.61 Å². The number of rotatable bonds is 3. The molecule has 0 spiro atoms. The van der Waals surface area contributed by atoms with Gasteiger partial charge in [0.05, 0.1) is 19.8 Å². The zero-order chi connectivity index (χ0) is 11.8. The van der Waals surface area contributed by atoms with E-state index >= 15 is 0 Å². The molecule has 0 aliphatic carbocycles. The van der Waals surface area contributed by atoms with Gasteiger partial charge in [-0.25, -0.2) is 0 Å². The highest BCUT2D eigenvalue weighted by Crippen LogP contribution is 1.71. The molecule has 0 heterocycles. The zero-order valence-corrected chi connectivity index (χ0v) is 8.64. The fraction of sp³-hybridized carbons (Fsp3) is 0.875. The van der Waals surface area contributed by atoms with E-state index < -0.39 is 0 Å². The first-order chi connectivity index (χ1) is 6.60. The summed E-state index contributed by atoms with van der Waals surface area (Å²) in [5.41, 5.74) is 0. The second-order valence-electron chi connectivity index (χ2n) is 1.83. The van der Waals surface area contributed by atoms with Crippen molar-refractivity contribution in [2.45, 2.75) is 13.8 Å². The Balaban J connectivity index is -0.000000147. The molecule has 0 radical (unpaired) electrons. The minimum atomic E-state index is -0.353. The lowest BCUT2D eigenvalue weighted by atomic mass is 10.7. The molecule has 6 nitrogen and oxygen atoms in total. The van der Waals surface area contributed by atoms with Gasteiger partial charge in [-0.1, -0.05) is 0 Å². The van der Waals surface area contributed by atoms with Gasteiger partial charge in [0.15, 0.2) is 0 Å². The molecule has 0 bridgehead atoms. The molecule has 4 N–H and O–H groups in total. The standard InChI is InChI=1S/C4H8O3.C2H6O2.C2H6O/c1-4(6)7-3-2-5;3-1-2-4;1-2-3/h5H,2-3H2,1H3;3-4H,1-2H2;3H,2H2,1H3. The van der Waals surface area contributed by atoms with Crippen LogP contribution in [-0.2, 0) is 9.53 Å². The van der Waals surface area contributed by atoms with E-state index in [9.17, 15) is 4.79 Å². The Morgan fingerprint density at radius 2 is 1.43 bits per heavy atom. The highest BCUT2D eigenvalue weighted by Gasteiger charge is 1.86. The Bertz CT molecular complexity index is 93.8. The predicted molar refractivity (Wildman–Crippen MR) is 50.7 cm³/mol. The summed E-state index contributed by atoms with van der Waals surface area (Å²) in [7, 11) is 0. The Labute approximate surface area is 83.8 Å². The van der Waals surface area contributed by atoms with Crippen LogP contribution in [0.15, 0.2) is 0 Å². The predicted octanol–water partition coefficient (Wildman–Crippen LogP) is -1.49. The lowest BCUT2D eigenvalue weighted by Crippen LogP contribution is -2.03. The maximum absolute atomic E-state index is 9.87. The summed E-state index contributed by atoms with van der Waals surface area (Å²) in [6.45, 7) is 2.99. The van der Waals surface area contributed by atoms with Crippen LogP contribution < -0.4 is 0 Å². The quantitative estimate of drug-likeness (QED) is 0.425. The number of ether oxygens (including phenoxy) is 1. The summed E-state index contributed by atoms with van der Waals surface area (Å²) < 4.78 is 4.30. The Kier molecular flexibility index (Phi) is 30.9. The van der Waals surface area contributed by atoms with Gasteiger partial charge < -0.3 is 25.2 Å². The number of hydrogen-bond acceptors (Lipinski definition) is 6. The van der Waals surface area contributed by atoms with E-state index in [1.54, 1.807) is 6.92 Å². The first-order valence-corrected chi connectivity index (χ1v) is 4.17. The lowest BCUT2D eigenvalue weighted by molar-refractivity contribution is -0.141. The van der Waals surface area contributed by atoms with E-state index in [0.29, 0.717) is 0 Å². The Morgan fingerprint density at radius 1 is 1.07 bits per heavy atom. The fourth-order valence-electron chi connectivity index (χ4n) is 0.189. The highest BCUT2D eigenvalue weighted by atomic mass is 16.5. The van der Waals surface area contributed by atoms with Crippen molar-refractivity contribution in [2.24, 2.45) is 0 Å². The molecule has 0 saturated carbocycles. The largest absolute Gasteiger partial charge is 0.463 e. The maximum atomic E-state index is 9.87. The minimum absolute atomic E-state index is 0.0976. The molecule has 88 valence electrons. The van der Waals surface area contributed by atoms with Gasteiger partial charge in [0.25, 0.3) is 0 Å². The first-order valence-electron chi connectivity index (χ1n) is 4.17. The van der Waals surface area contributed by atoms with E-state index in [4.69, 9.17) is 20.4 Å². The molecule has 0 amide bonds. The third-order valence-electron chi connectivity index (χ3n) is 0.497. The third kappa shape index (κ3) is 64.7. The van der Waals surface area contributed by atoms with Gasteiger partial charge in [-0.15, -0.1) is 0 Å². The monoisotopic (exact) mass is 212 g/mol. The summed E-state index contributed by atoms with van der Waals surface area (Å²) in [5.74, 6) is -0.353. The summed E-state index contributed by atoms with van der Waals surface area (Å²) in [6, 6.07) is 0. The fourth-order valence-corrected chi connectivity index (χ4v) is 0.189. The van der Waals surface area contributed by atoms with Crippen molar-refractivity contribution < 1.29 is 30.0 Å². The number of aliphatic hydroxyl groups excluding tert-OH is 4. The van der Waals surface area contributed by atoms with E-state index in [-0.39, 0.29) is 39.0 Å². The van der Waals surface area contributed by atoms with Crippen molar-refractivity contribution in [2.75, 3.05) is 33.0 Å². The summed E-state index contributed by atoms with van der Waals surface area (Å²) in [4.78, 5) is 9.87. The average molecular weight is 212 g/mol. The molecule has 0 fully saturated rings. The number of aliphatic hydroxyl groups is 4. The van der Waals surface area contributed by atoms with Crippen LogP contribution in [0, 0.1) is 0 Å². The van der Waals surface area contributed by atoms with Crippen LogP contribution in [-0.4, -0.2) is 59.4 Å². The van der Waals surface area contributed by atoms with Crippen molar-refractivity contribution in [3.05, 3.63) is 0 Å². The second kappa shape index (κ2) is 22.8. The van der Waals surface area contributed by atoms with Gasteiger partial charge >= 0.3 is 5.97 Å². The lowest BCUT2D eigenvalue weighted by Gasteiger charge is -1.93. The van der Waals surface area contributed by atoms with Gasteiger partial charge in [0.2, 0.25) is 0 Å². The topological polar surface area (TPSA) is 107 Å². The Morgan fingerprint density at radius 3 is 1.50 bits per heavy atom. The maximum Gasteiger partial charge on any atom is 0.302 e. The van der Waals surface area contributed by atoms with Gasteiger partial charge in [-0.2, -0.15) is 0 Å². The van der Waals surface area contributed by atoms with E-state index in [0.717, 1.165) is 0 Å². The first kappa shape index (κ1) is 19.0. The molecular weight excluding hydrogens is 192 g/mol. The smallest absolute Gasteiger partial charge is 0.302 e. The van der Waals surface area contributed by atoms with Crippen molar-refractivity contribution in [3.8, 4) is 0 Å². The van der Waals surface area contributed by atoms with Crippen LogP contribution in [0.5, 0.6) is 0 Å². The van der Waals surface area contributed by atoms with E-state index in [2.05, 4.69) is 4.74 Å². The molecule has 0 rings (SSSR count). The summed E-state index contributed by atoms with van der Waals surface area (Å²) in [6.07, 6.45) is 0. The van der Waals surface area contributed by atoms with Crippen LogP contribution in [0.1, 0.15) is 13.8 Å². The van der Waals surface area contributed by atoms with E-state index in [1.807, 2.05) is 0 Å². The molecule has 0 aliphatic heterocycles. The van der Waals surface area contributed by atoms with Crippen LogP contribution >= 0.6 is 0 Å². The molecule has 0 aromatic heterocycles. The average Bonchev–Trinajstić information content (AvgIpc) is 2.16. The van der Waals surface area contributed by atoms with Crippen LogP contribution in [0.25, 0.3) is 0 Å². The molecule has 0 aromatic carbocycles. The molecule has 0 unspecified atom stereocenters. The minimum Gasteiger partial charge on any atom is -0.463 e. The van der Waals surface area contributed by atoms with Crippen molar-refractivity contribution in [3.63, 3.8) is 0 Å². The summed E-state index contributed by atoms with van der Waals surface area (Å²) >= 11 is 0. The molecule has 0 aliphatic rings. The number of esters is 1.